The maximum absolute atomic E-state index is 5.69. The lowest BCUT2D eigenvalue weighted by molar-refractivity contribution is 0.108. The second-order valence-corrected chi connectivity index (χ2v) is 3.79. The summed E-state index contributed by atoms with van der Waals surface area (Å²) in [5.74, 6) is 0.918. The predicted molar refractivity (Wildman–Crippen MR) is 53.9 cm³/mol. The van der Waals surface area contributed by atoms with Crippen LogP contribution in [0.25, 0.3) is 0 Å². The van der Waals surface area contributed by atoms with E-state index in [-0.39, 0.29) is 6.10 Å². The lowest BCUT2D eigenvalue weighted by Gasteiger charge is -2.23. The monoisotopic (exact) mass is 188 g/mol. The van der Waals surface area contributed by atoms with Gasteiger partial charge < -0.3 is 0 Å². The molecule has 2 bridgehead atoms. The summed E-state index contributed by atoms with van der Waals surface area (Å²) in [4.78, 5) is 10.1. The van der Waals surface area contributed by atoms with E-state index in [9.17, 15) is 0 Å². The van der Waals surface area contributed by atoms with Gasteiger partial charge in [-0.05, 0) is 19.1 Å². The van der Waals surface area contributed by atoms with Crippen molar-refractivity contribution in [1.29, 1.82) is 0 Å². The molecule has 2 aliphatic rings. The summed E-state index contributed by atoms with van der Waals surface area (Å²) < 4.78 is 0. The fourth-order valence-corrected chi connectivity index (χ4v) is 2.00. The molecule has 1 fully saturated rings. The molecule has 3 heteroatoms. The van der Waals surface area contributed by atoms with Crippen LogP contribution in [0.3, 0.4) is 0 Å². The van der Waals surface area contributed by atoms with E-state index in [1.54, 1.807) is 0 Å². The van der Waals surface area contributed by atoms with E-state index in [0.29, 0.717) is 6.04 Å². The summed E-state index contributed by atoms with van der Waals surface area (Å²) in [6.07, 6.45) is 5.65. The van der Waals surface area contributed by atoms with Crippen LogP contribution in [0.2, 0.25) is 0 Å². The number of aryl methyl sites for hydroxylation is 1. The van der Waals surface area contributed by atoms with E-state index in [1.165, 1.54) is 0 Å². The average molecular weight is 188 g/mol. The van der Waals surface area contributed by atoms with Gasteiger partial charge in [0, 0.05) is 12.1 Å². The molecule has 2 heterocycles. The molecule has 2 atom stereocenters. The molecule has 0 saturated carbocycles. The number of nitrogens with zero attached hydrogens (tertiary/aromatic N) is 2. The van der Waals surface area contributed by atoms with E-state index >= 15 is 0 Å². The zero-order valence-electron chi connectivity index (χ0n) is 8.05. The number of pyridine rings is 1. The van der Waals surface area contributed by atoms with Gasteiger partial charge in [-0.2, -0.15) is 0 Å². The van der Waals surface area contributed by atoms with E-state index in [2.05, 4.69) is 17.1 Å². The van der Waals surface area contributed by atoms with Crippen molar-refractivity contribution in [2.24, 2.45) is 0 Å². The van der Waals surface area contributed by atoms with Crippen LogP contribution in [0.4, 0.5) is 5.82 Å². The zero-order chi connectivity index (χ0) is 9.54. The number of aromatic nitrogens is 1. The summed E-state index contributed by atoms with van der Waals surface area (Å²) in [5.41, 5.74) is 1.03. The van der Waals surface area contributed by atoms with Crippen LogP contribution >= 0.6 is 0 Å². The molecule has 1 aliphatic carbocycles. The Kier molecular flexibility index (Phi) is 1.61. The van der Waals surface area contributed by atoms with Gasteiger partial charge in [0.25, 0.3) is 0 Å². The minimum absolute atomic E-state index is 0.266. The highest BCUT2D eigenvalue weighted by Gasteiger charge is 2.35. The Morgan fingerprint density at radius 2 is 2.36 bits per heavy atom. The van der Waals surface area contributed by atoms with Gasteiger partial charge >= 0.3 is 0 Å². The molecular formula is C11H12N2O. The molecule has 1 aromatic heterocycles. The second-order valence-electron chi connectivity index (χ2n) is 3.79. The normalized spacial score (nSPS) is 28.8. The van der Waals surface area contributed by atoms with Crippen LogP contribution in [-0.2, 0) is 4.84 Å². The number of hydrogen-bond donors (Lipinski definition) is 0. The van der Waals surface area contributed by atoms with Crippen LogP contribution in [0.1, 0.15) is 12.1 Å². The highest BCUT2D eigenvalue weighted by atomic mass is 16.7. The molecule has 1 aliphatic heterocycles. The van der Waals surface area contributed by atoms with Gasteiger partial charge in [-0.1, -0.05) is 18.2 Å². The average Bonchev–Trinajstić information content (AvgIpc) is 2.78. The molecular weight excluding hydrogens is 176 g/mol. The van der Waals surface area contributed by atoms with Crippen LogP contribution in [0.5, 0.6) is 0 Å². The number of rotatable bonds is 1. The third-order valence-corrected chi connectivity index (χ3v) is 2.67. The van der Waals surface area contributed by atoms with Crippen molar-refractivity contribution >= 4 is 5.82 Å². The first-order valence-electron chi connectivity index (χ1n) is 4.91. The zero-order valence-corrected chi connectivity index (χ0v) is 8.05. The van der Waals surface area contributed by atoms with Gasteiger partial charge in [-0.15, -0.1) is 0 Å². The Balaban J connectivity index is 1.93. The van der Waals surface area contributed by atoms with Crippen LogP contribution in [0, 0.1) is 6.92 Å². The van der Waals surface area contributed by atoms with Crippen LogP contribution < -0.4 is 5.06 Å². The molecule has 3 rings (SSSR count). The van der Waals surface area contributed by atoms with Crippen LogP contribution in [0.15, 0.2) is 30.4 Å². The van der Waals surface area contributed by atoms with Gasteiger partial charge in [0.05, 0.1) is 6.04 Å². The smallest absolute Gasteiger partial charge is 0.153 e. The van der Waals surface area contributed by atoms with Crippen molar-refractivity contribution in [3.8, 4) is 0 Å². The number of anilines is 1. The molecule has 0 spiro atoms. The van der Waals surface area contributed by atoms with E-state index in [4.69, 9.17) is 4.84 Å². The molecule has 0 unspecified atom stereocenters. The summed E-state index contributed by atoms with van der Waals surface area (Å²) in [6.45, 7) is 1.99. The molecule has 1 saturated heterocycles. The quantitative estimate of drug-likeness (QED) is 0.629. The van der Waals surface area contributed by atoms with E-state index in [0.717, 1.165) is 17.9 Å². The Hall–Kier alpha value is -1.35. The van der Waals surface area contributed by atoms with Crippen LogP contribution in [-0.4, -0.2) is 17.1 Å². The minimum atomic E-state index is 0.266. The fourth-order valence-electron chi connectivity index (χ4n) is 2.00. The molecule has 0 radical (unpaired) electrons. The molecule has 14 heavy (non-hydrogen) atoms. The molecule has 0 aromatic carbocycles. The van der Waals surface area contributed by atoms with Gasteiger partial charge in [0.15, 0.2) is 5.82 Å². The van der Waals surface area contributed by atoms with E-state index < -0.39 is 0 Å². The van der Waals surface area contributed by atoms with Crippen molar-refractivity contribution < 1.29 is 4.84 Å². The molecule has 72 valence electrons. The first kappa shape index (κ1) is 8.00. The Morgan fingerprint density at radius 3 is 3.00 bits per heavy atom. The molecule has 0 N–H and O–H groups in total. The molecule has 0 amide bonds. The first-order valence-corrected chi connectivity index (χ1v) is 4.91. The number of hydroxylamine groups is 1. The largest absolute Gasteiger partial charge is 0.264 e. The summed E-state index contributed by atoms with van der Waals surface area (Å²) >= 11 is 0. The van der Waals surface area contributed by atoms with Gasteiger partial charge in [-0.25, -0.2) is 10.0 Å². The van der Waals surface area contributed by atoms with Crippen molar-refractivity contribution in [3.05, 3.63) is 36.0 Å². The predicted octanol–water partition coefficient (Wildman–Crippen LogP) is 1.84. The minimum Gasteiger partial charge on any atom is -0.264 e. The summed E-state index contributed by atoms with van der Waals surface area (Å²) in [7, 11) is 0. The second kappa shape index (κ2) is 2.82. The fraction of sp³-hybridized carbons (Fsp3) is 0.364. The van der Waals surface area contributed by atoms with Crippen molar-refractivity contribution in [3.63, 3.8) is 0 Å². The summed E-state index contributed by atoms with van der Waals surface area (Å²) in [6, 6.07) is 6.38. The third kappa shape index (κ3) is 1.13. The molecule has 1 aromatic rings. The number of hydrogen-bond acceptors (Lipinski definition) is 3. The van der Waals surface area contributed by atoms with Crippen molar-refractivity contribution in [2.75, 3.05) is 5.06 Å². The standard InChI is InChI=1S/C11H12N2O/c1-8-3-2-4-11(12-8)13-9-5-6-10(7-9)14-13/h2-6,9-10H,7H2,1H3/t9-,10-/m0/s1. The van der Waals surface area contributed by atoms with Crippen molar-refractivity contribution in [2.45, 2.75) is 25.5 Å². The highest BCUT2D eigenvalue weighted by Crippen LogP contribution is 2.32. The van der Waals surface area contributed by atoms with Gasteiger partial charge in [0.2, 0.25) is 0 Å². The van der Waals surface area contributed by atoms with Gasteiger partial charge in [0.1, 0.15) is 6.10 Å². The maximum atomic E-state index is 5.69. The maximum Gasteiger partial charge on any atom is 0.153 e. The lowest BCUT2D eigenvalue weighted by Crippen LogP contribution is -2.28. The van der Waals surface area contributed by atoms with E-state index in [1.807, 2.05) is 30.2 Å². The highest BCUT2D eigenvalue weighted by molar-refractivity contribution is 5.42. The number of fused-ring (bicyclic) bond motifs is 2. The third-order valence-electron chi connectivity index (χ3n) is 2.67. The SMILES string of the molecule is Cc1cccc(N2O[C@H]3C=C[C@H]2C3)n1. The summed E-state index contributed by atoms with van der Waals surface area (Å²) in [5, 5.41) is 1.91. The Labute approximate surface area is 83.0 Å². The van der Waals surface area contributed by atoms with Crippen molar-refractivity contribution in [1.82, 2.24) is 4.98 Å². The Bertz CT molecular complexity index is 389. The molecule has 3 nitrogen and oxygen atoms in total. The Morgan fingerprint density at radius 1 is 1.43 bits per heavy atom. The topological polar surface area (TPSA) is 25.4 Å². The van der Waals surface area contributed by atoms with Gasteiger partial charge in [-0.3, -0.25) is 4.84 Å². The lowest BCUT2D eigenvalue weighted by atomic mass is 10.2. The first-order chi connectivity index (χ1) is 6.83.